The third kappa shape index (κ3) is 2.90. The van der Waals surface area contributed by atoms with Gasteiger partial charge in [0.1, 0.15) is 12.4 Å². The summed E-state index contributed by atoms with van der Waals surface area (Å²) in [6, 6.07) is 7.90. The minimum atomic E-state index is -0.167. The number of nitrogens with zero attached hydrogens (tertiary/aromatic N) is 2. The average molecular weight is 258 g/mol. The summed E-state index contributed by atoms with van der Waals surface area (Å²) in [6.07, 6.45) is 1.65. The largest absolute Gasteiger partial charge is 0.496 e. The third-order valence-electron chi connectivity index (χ3n) is 3.01. The van der Waals surface area contributed by atoms with Crippen molar-refractivity contribution in [2.24, 2.45) is 0 Å². The molecule has 19 heavy (non-hydrogen) atoms. The Morgan fingerprint density at radius 1 is 1.26 bits per heavy atom. The number of aliphatic hydroxyl groups is 1. The van der Waals surface area contributed by atoms with Gasteiger partial charge in [0.2, 0.25) is 0 Å². The Hall–Kier alpha value is -1.94. The van der Waals surface area contributed by atoms with Gasteiger partial charge < -0.3 is 9.84 Å². The second-order valence-corrected chi connectivity index (χ2v) is 4.63. The summed E-state index contributed by atoms with van der Waals surface area (Å²) in [6.45, 7) is 4.12. The van der Waals surface area contributed by atoms with Gasteiger partial charge in [-0.2, -0.15) is 0 Å². The molecular formula is C15H18N2O2. The molecule has 0 aliphatic rings. The highest BCUT2D eigenvalue weighted by Gasteiger charge is 2.11. The zero-order chi connectivity index (χ0) is 13.8. The van der Waals surface area contributed by atoms with Crippen LogP contribution in [0.15, 0.2) is 30.5 Å². The fourth-order valence-corrected chi connectivity index (χ4v) is 1.91. The number of aromatic nitrogens is 2. The zero-order valence-electron chi connectivity index (χ0n) is 11.4. The van der Waals surface area contributed by atoms with E-state index in [1.165, 1.54) is 5.56 Å². The molecule has 2 aromatic rings. The van der Waals surface area contributed by atoms with Crippen LogP contribution in [0.2, 0.25) is 0 Å². The van der Waals surface area contributed by atoms with Crippen molar-refractivity contribution < 1.29 is 9.84 Å². The van der Waals surface area contributed by atoms with E-state index in [4.69, 9.17) is 9.84 Å². The summed E-state index contributed by atoms with van der Waals surface area (Å²) >= 11 is 0. The maximum Gasteiger partial charge on any atom is 0.154 e. The van der Waals surface area contributed by atoms with Crippen LogP contribution >= 0.6 is 0 Å². The lowest BCUT2D eigenvalue weighted by Gasteiger charge is -2.12. The van der Waals surface area contributed by atoms with Crippen molar-refractivity contribution >= 4 is 0 Å². The van der Waals surface area contributed by atoms with Crippen LogP contribution < -0.4 is 4.74 Å². The quantitative estimate of drug-likeness (QED) is 0.916. The molecule has 0 aliphatic heterocycles. The Morgan fingerprint density at radius 3 is 2.68 bits per heavy atom. The van der Waals surface area contributed by atoms with E-state index in [0.29, 0.717) is 11.7 Å². The molecule has 4 heteroatoms. The second kappa shape index (κ2) is 5.80. The van der Waals surface area contributed by atoms with E-state index in [1.807, 2.05) is 12.1 Å². The highest BCUT2D eigenvalue weighted by molar-refractivity contribution is 5.68. The SMILES string of the molecule is COc1ccc(C(C)C)cc1-c1ccnc(CO)n1. The van der Waals surface area contributed by atoms with Gasteiger partial charge >= 0.3 is 0 Å². The summed E-state index contributed by atoms with van der Waals surface area (Å²) in [5.74, 6) is 1.62. The third-order valence-corrected chi connectivity index (χ3v) is 3.01. The van der Waals surface area contributed by atoms with Gasteiger partial charge in [0, 0.05) is 11.8 Å². The molecule has 1 aromatic carbocycles. The maximum absolute atomic E-state index is 9.12. The molecule has 1 aromatic heterocycles. The second-order valence-electron chi connectivity index (χ2n) is 4.63. The molecule has 0 spiro atoms. The molecule has 0 unspecified atom stereocenters. The molecular weight excluding hydrogens is 240 g/mol. The zero-order valence-corrected chi connectivity index (χ0v) is 11.4. The molecule has 1 N–H and O–H groups in total. The van der Waals surface area contributed by atoms with Gasteiger partial charge in [0.25, 0.3) is 0 Å². The fraction of sp³-hybridized carbons (Fsp3) is 0.333. The van der Waals surface area contributed by atoms with Gasteiger partial charge in [-0.3, -0.25) is 0 Å². The van der Waals surface area contributed by atoms with Gasteiger partial charge in [0.15, 0.2) is 5.82 Å². The molecule has 0 saturated carbocycles. The van der Waals surface area contributed by atoms with Crippen molar-refractivity contribution in [3.63, 3.8) is 0 Å². The van der Waals surface area contributed by atoms with Gasteiger partial charge in [-0.15, -0.1) is 0 Å². The Labute approximate surface area is 113 Å². The molecule has 2 rings (SSSR count). The first-order valence-corrected chi connectivity index (χ1v) is 6.26. The molecule has 0 atom stereocenters. The number of ether oxygens (including phenoxy) is 1. The molecule has 0 aliphatic carbocycles. The van der Waals surface area contributed by atoms with E-state index in [9.17, 15) is 0 Å². The van der Waals surface area contributed by atoms with Crippen LogP contribution in [0.4, 0.5) is 0 Å². The van der Waals surface area contributed by atoms with E-state index in [0.717, 1.165) is 17.0 Å². The summed E-state index contributed by atoms with van der Waals surface area (Å²) in [4.78, 5) is 8.32. The first-order valence-electron chi connectivity index (χ1n) is 6.26. The van der Waals surface area contributed by atoms with E-state index in [2.05, 4.69) is 35.9 Å². The van der Waals surface area contributed by atoms with Crippen molar-refractivity contribution in [3.8, 4) is 17.0 Å². The monoisotopic (exact) mass is 258 g/mol. The lowest BCUT2D eigenvalue weighted by molar-refractivity contribution is 0.271. The molecule has 0 bridgehead atoms. The number of hydrogen-bond acceptors (Lipinski definition) is 4. The minimum Gasteiger partial charge on any atom is -0.496 e. The first kappa shape index (κ1) is 13.5. The summed E-state index contributed by atoms with van der Waals surface area (Å²) in [5, 5.41) is 9.12. The van der Waals surface area contributed by atoms with Gasteiger partial charge in [-0.1, -0.05) is 19.9 Å². The van der Waals surface area contributed by atoms with Crippen LogP contribution in [0, 0.1) is 0 Å². The Kier molecular flexibility index (Phi) is 4.12. The number of aliphatic hydroxyl groups excluding tert-OH is 1. The number of rotatable bonds is 4. The highest BCUT2D eigenvalue weighted by atomic mass is 16.5. The van der Waals surface area contributed by atoms with Crippen LogP contribution in [0.1, 0.15) is 31.2 Å². The maximum atomic E-state index is 9.12. The summed E-state index contributed by atoms with van der Waals surface area (Å²) < 4.78 is 5.39. The predicted molar refractivity (Wildman–Crippen MR) is 74.0 cm³/mol. The number of hydrogen-bond donors (Lipinski definition) is 1. The fourth-order valence-electron chi connectivity index (χ4n) is 1.91. The van der Waals surface area contributed by atoms with Crippen LogP contribution in [0.3, 0.4) is 0 Å². The lowest BCUT2D eigenvalue weighted by atomic mass is 9.99. The molecule has 100 valence electrons. The van der Waals surface area contributed by atoms with Gasteiger partial charge in [0.05, 0.1) is 12.8 Å². The topological polar surface area (TPSA) is 55.2 Å². The number of benzene rings is 1. The molecule has 0 amide bonds. The van der Waals surface area contributed by atoms with Crippen LogP contribution in [-0.4, -0.2) is 22.2 Å². The van der Waals surface area contributed by atoms with Gasteiger partial charge in [-0.25, -0.2) is 9.97 Å². The first-order chi connectivity index (χ1) is 9.15. The molecule has 0 saturated heterocycles. The normalized spacial score (nSPS) is 10.8. The number of methoxy groups -OCH3 is 1. The summed E-state index contributed by atoms with van der Waals surface area (Å²) in [5.41, 5.74) is 2.91. The van der Waals surface area contributed by atoms with Gasteiger partial charge in [-0.05, 0) is 29.7 Å². The van der Waals surface area contributed by atoms with Crippen LogP contribution in [0.5, 0.6) is 5.75 Å². The van der Waals surface area contributed by atoms with E-state index in [1.54, 1.807) is 13.3 Å². The molecule has 0 radical (unpaired) electrons. The van der Waals surface area contributed by atoms with E-state index < -0.39 is 0 Å². The Morgan fingerprint density at radius 2 is 2.05 bits per heavy atom. The van der Waals surface area contributed by atoms with E-state index in [-0.39, 0.29) is 6.61 Å². The summed E-state index contributed by atoms with van der Waals surface area (Å²) in [7, 11) is 1.64. The standard InChI is InChI=1S/C15H18N2O2/c1-10(2)11-4-5-14(19-3)12(8-11)13-6-7-16-15(9-18)17-13/h4-8,10,18H,9H2,1-3H3. The molecule has 0 fully saturated rings. The van der Waals surface area contributed by atoms with Crippen molar-refractivity contribution in [1.82, 2.24) is 9.97 Å². The predicted octanol–water partition coefficient (Wildman–Crippen LogP) is 2.77. The van der Waals surface area contributed by atoms with Crippen molar-refractivity contribution in [2.45, 2.75) is 26.4 Å². The van der Waals surface area contributed by atoms with E-state index >= 15 is 0 Å². The highest BCUT2D eigenvalue weighted by Crippen LogP contribution is 2.31. The molecule has 4 nitrogen and oxygen atoms in total. The Balaban J connectivity index is 2.54. The average Bonchev–Trinajstić information content (AvgIpc) is 2.46. The Bertz CT molecular complexity index is 568. The smallest absolute Gasteiger partial charge is 0.154 e. The van der Waals surface area contributed by atoms with Crippen LogP contribution in [0.25, 0.3) is 11.3 Å². The minimum absolute atomic E-state index is 0.167. The lowest BCUT2D eigenvalue weighted by Crippen LogP contribution is -1.98. The van der Waals surface area contributed by atoms with Crippen molar-refractivity contribution in [1.29, 1.82) is 0 Å². The van der Waals surface area contributed by atoms with Crippen LogP contribution in [-0.2, 0) is 6.61 Å². The molecule has 1 heterocycles. The van der Waals surface area contributed by atoms with Crippen molar-refractivity contribution in [2.75, 3.05) is 7.11 Å². The van der Waals surface area contributed by atoms with Crippen molar-refractivity contribution in [3.05, 3.63) is 41.9 Å².